The second kappa shape index (κ2) is 6.21. The fourth-order valence-electron chi connectivity index (χ4n) is 2.30. The number of aliphatic carboxylic acids is 1. The van der Waals surface area contributed by atoms with Gasteiger partial charge in [-0.3, -0.25) is 9.59 Å². The predicted octanol–water partition coefficient (Wildman–Crippen LogP) is 2.63. The largest absolute Gasteiger partial charge is 0.480 e. The van der Waals surface area contributed by atoms with Crippen LogP contribution in [0.4, 0.5) is 0 Å². The monoisotopic (exact) mass is 257 g/mol. The zero-order valence-corrected chi connectivity index (χ0v) is 12.7. The van der Waals surface area contributed by atoms with E-state index in [0.717, 1.165) is 0 Å². The van der Waals surface area contributed by atoms with Gasteiger partial charge in [-0.15, -0.1) is 0 Å². The van der Waals surface area contributed by atoms with E-state index in [9.17, 15) is 9.59 Å². The molecule has 18 heavy (non-hydrogen) atoms. The molecule has 0 atom stereocenters. The number of rotatable bonds is 5. The molecule has 0 fully saturated rings. The highest BCUT2D eigenvalue weighted by molar-refractivity contribution is 5.84. The smallest absolute Gasteiger partial charge is 0.323 e. The predicted molar refractivity (Wildman–Crippen MR) is 72.3 cm³/mol. The molecule has 1 amide bonds. The van der Waals surface area contributed by atoms with Gasteiger partial charge in [0.15, 0.2) is 0 Å². The topological polar surface area (TPSA) is 57.6 Å². The molecule has 0 aliphatic heterocycles. The van der Waals surface area contributed by atoms with Crippen LogP contribution in [0.1, 0.15) is 48.5 Å². The summed E-state index contributed by atoms with van der Waals surface area (Å²) in [6.07, 6.45) is 0. The maximum Gasteiger partial charge on any atom is 0.323 e. The second-order valence-electron chi connectivity index (χ2n) is 6.50. The van der Waals surface area contributed by atoms with Gasteiger partial charge in [-0.2, -0.15) is 0 Å². The molecule has 4 nitrogen and oxygen atoms in total. The van der Waals surface area contributed by atoms with Crippen molar-refractivity contribution in [1.29, 1.82) is 0 Å². The Hall–Kier alpha value is -1.06. The van der Waals surface area contributed by atoms with Crippen molar-refractivity contribution >= 4 is 11.9 Å². The van der Waals surface area contributed by atoms with Crippen molar-refractivity contribution in [1.82, 2.24) is 4.90 Å². The van der Waals surface area contributed by atoms with E-state index in [1.54, 1.807) is 0 Å². The summed E-state index contributed by atoms with van der Waals surface area (Å²) in [6.45, 7) is 13.4. The third kappa shape index (κ3) is 4.67. The maximum atomic E-state index is 12.6. The highest BCUT2D eigenvalue weighted by atomic mass is 16.4. The Morgan fingerprint density at radius 1 is 1.06 bits per heavy atom. The van der Waals surface area contributed by atoms with Gasteiger partial charge in [-0.05, 0) is 32.6 Å². The number of carboxylic acids is 1. The molecule has 0 aliphatic carbocycles. The fraction of sp³-hybridized carbons (Fsp3) is 0.857. The Morgan fingerprint density at radius 3 is 1.67 bits per heavy atom. The highest BCUT2D eigenvalue weighted by Crippen LogP contribution is 2.26. The molecule has 0 bridgehead atoms. The summed E-state index contributed by atoms with van der Waals surface area (Å²) in [6, 6.07) is 0. The molecule has 0 aromatic rings. The SMILES string of the molecule is CC(C)C(C(=O)N(CC(=O)O)C(C)(C)C)C(C)C. The van der Waals surface area contributed by atoms with Crippen molar-refractivity contribution in [2.24, 2.45) is 17.8 Å². The molecular weight excluding hydrogens is 230 g/mol. The Kier molecular flexibility index (Phi) is 5.84. The molecule has 106 valence electrons. The van der Waals surface area contributed by atoms with Gasteiger partial charge in [0.05, 0.1) is 0 Å². The molecule has 0 spiro atoms. The molecule has 0 aromatic carbocycles. The number of carbonyl (C=O) groups is 2. The molecule has 0 aromatic heterocycles. The number of amides is 1. The van der Waals surface area contributed by atoms with Crippen LogP contribution in [-0.4, -0.2) is 34.0 Å². The van der Waals surface area contributed by atoms with Crippen LogP contribution in [0.15, 0.2) is 0 Å². The first-order chi connectivity index (χ1) is 7.98. The molecule has 0 heterocycles. The van der Waals surface area contributed by atoms with Crippen LogP contribution in [0, 0.1) is 17.8 Å². The third-order valence-electron chi connectivity index (χ3n) is 3.09. The average molecular weight is 257 g/mol. The second-order valence-corrected chi connectivity index (χ2v) is 6.50. The number of hydrogen-bond donors (Lipinski definition) is 1. The maximum absolute atomic E-state index is 12.6. The van der Waals surface area contributed by atoms with Crippen LogP contribution in [0.5, 0.6) is 0 Å². The summed E-state index contributed by atoms with van der Waals surface area (Å²) in [5, 5.41) is 8.96. The van der Waals surface area contributed by atoms with E-state index in [0.29, 0.717) is 0 Å². The Bertz CT molecular complexity index is 295. The van der Waals surface area contributed by atoms with E-state index in [1.165, 1.54) is 4.90 Å². The first-order valence-corrected chi connectivity index (χ1v) is 6.51. The standard InChI is InChI=1S/C14H27NO3/c1-9(2)12(10(3)4)13(18)15(8-11(16)17)14(5,6)7/h9-10,12H,8H2,1-7H3,(H,16,17). The molecule has 0 saturated carbocycles. The van der Waals surface area contributed by atoms with Crippen molar-refractivity contribution in [3.05, 3.63) is 0 Å². The van der Waals surface area contributed by atoms with Crippen molar-refractivity contribution in [3.63, 3.8) is 0 Å². The summed E-state index contributed by atoms with van der Waals surface area (Å²) in [5.74, 6) is -0.754. The van der Waals surface area contributed by atoms with Gasteiger partial charge in [-0.1, -0.05) is 27.7 Å². The van der Waals surface area contributed by atoms with E-state index in [2.05, 4.69) is 0 Å². The minimum Gasteiger partial charge on any atom is -0.480 e. The van der Waals surface area contributed by atoms with Crippen LogP contribution < -0.4 is 0 Å². The molecule has 0 aliphatic rings. The van der Waals surface area contributed by atoms with E-state index in [-0.39, 0.29) is 30.2 Å². The van der Waals surface area contributed by atoms with Gasteiger partial charge >= 0.3 is 5.97 Å². The lowest BCUT2D eigenvalue weighted by atomic mass is 9.83. The van der Waals surface area contributed by atoms with Crippen molar-refractivity contribution in [2.45, 2.75) is 54.0 Å². The molecule has 0 rings (SSSR count). The Morgan fingerprint density at radius 2 is 1.44 bits per heavy atom. The van der Waals surface area contributed by atoms with Crippen molar-refractivity contribution in [3.8, 4) is 0 Å². The minimum absolute atomic E-state index is 0.0603. The van der Waals surface area contributed by atoms with Crippen LogP contribution >= 0.6 is 0 Å². The normalized spacial score (nSPS) is 12.3. The zero-order valence-electron chi connectivity index (χ0n) is 12.7. The summed E-state index contributed by atoms with van der Waals surface area (Å²) < 4.78 is 0. The average Bonchev–Trinajstić information content (AvgIpc) is 2.10. The quantitative estimate of drug-likeness (QED) is 0.823. The minimum atomic E-state index is -0.968. The molecule has 1 N–H and O–H groups in total. The van der Waals surface area contributed by atoms with Gasteiger partial charge in [0, 0.05) is 11.5 Å². The molecule has 0 unspecified atom stereocenters. The molecule has 4 heteroatoms. The lowest BCUT2D eigenvalue weighted by Gasteiger charge is -2.39. The molecule has 0 radical (unpaired) electrons. The Balaban J connectivity index is 5.23. The van der Waals surface area contributed by atoms with Gasteiger partial charge in [0.25, 0.3) is 0 Å². The van der Waals surface area contributed by atoms with Crippen LogP contribution in [-0.2, 0) is 9.59 Å². The third-order valence-corrected chi connectivity index (χ3v) is 3.09. The van der Waals surface area contributed by atoms with Crippen LogP contribution in [0.2, 0.25) is 0 Å². The lowest BCUT2D eigenvalue weighted by Crippen LogP contribution is -2.52. The van der Waals surface area contributed by atoms with Crippen molar-refractivity contribution in [2.75, 3.05) is 6.54 Å². The summed E-state index contributed by atoms with van der Waals surface area (Å²) in [7, 11) is 0. The summed E-state index contributed by atoms with van der Waals surface area (Å²) in [5.41, 5.74) is -0.475. The van der Waals surface area contributed by atoms with Gasteiger partial charge in [0.1, 0.15) is 6.54 Å². The summed E-state index contributed by atoms with van der Waals surface area (Å²) in [4.78, 5) is 25.0. The lowest BCUT2D eigenvalue weighted by molar-refractivity contribution is -0.152. The van der Waals surface area contributed by atoms with Gasteiger partial charge < -0.3 is 10.0 Å². The first-order valence-electron chi connectivity index (χ1n) is 6.51. The van der Waals surface area contributed by atoms with Gasteiger partial charge in [0.2, 0.25) is 5.91 Å². The van der Waals surface area contributed by atoms with Crippen LogP contribution in [0.25, 0.3) is 0 Å². The number of carbonyl (C=O) groups excluding carboxylic acids is 1. The number of nitrogens with zero attached hydrogens (tertiary/aromatic N) is 1. The van der Waals surface area contributed by atoms with E-state index in [1.807, 2.05) is 48.5 Å². The Labute approximate surface area is 110 Å². The number of carboxylic acid groups (broad SMARTS) is 1. The van der Waals surface area contributed by atoms with Crippen LogP contribution in [0.3, 0.4) is 0 Å². The molecular formula is C14H27NO3. The van der Waals surface area contributed by atoms with Crippen molar-refractivity contribution < 1.29 is 14.7 Å². The van der Waals surface area contributed by atoms with Gasteiger partial charge in [-0.25, -0.2) is 0 Å². The number of hydrogen-bond acceptors (Lipinski definition) is 2. The first kappa shape index (κ1) is 16.9. The van der Waals surface area contributed by atoms with E-state index < -0.39 is 11.5 Å². The zero-order chi connectivity index (χ0) is 14.7. The fourth-order valence-corrected chi connectivity index (χ4v) is 2.30. The van der Waals surface area contributed by atoms with E-state index >= 15 is 0 Å². The highest BCUT2D eigenvalue weighted by Gasteiger charge is 2.35. The molecule has 0 saturated heterocycles. The van der Waals surface area contributed by atoms with E-state index in [4.69, 9.17) is 5.11 Å². The summed E-state index contributed by atoms with van der Waals surface area (Å²) >= 11 is 0.